The highest BCUT2D eigenvalue weighted by atomic mass is 32.2. The van der Waals surface area contributed by atoms with Crippen molar-refractivity contribution in [1.29, 1.82) is 0 Å². The highest BCUT2D eigenvalue weighted by molar-refractivity contribution is 7.97. The third kappa shape index (κ3) is 1.37. The van der Waals surface area contributed by atoms with Crippen LogP contribution in [-0.2, 0) is 4.79 Å². The van der Waals surface area contributed by atoms with Gasteiger partial charge in [-0.25, -0.2) is 0 Å². The summed E-state index contributed by atoms with van der Waals surface area (Å²) in [5, 5.41) is 5.62. The number of nitrogens with two attached hydrogens (primary N) is 1. The van der Waals surface area contributed by atoms with Gasteiger partial charge in [0, 0.05) is 25.3 Å². The van der Waals surface area contributed by atoms with Gasteiger partial charge in [-0.1, -0.05) is 11.9 Å². The molecule has 0 aromatic rings. The van der Waals surface area contributed by atoms with Crippen LogP contribution in [0.15, 0.2) is 0 Å². The van der Waals surface area contributed by atoms with Gasteiger partial charge >= 0.3 is 0 Å². The van der Waals surface area contributed by atoms with Crippen LogP contribution in [-0.4, -0.2) is 29.6 Å². The molecule has 0 aliphatic carbocycles. The van der Waals surface area contributed by atoms with E-state index in [2.05, 4.69) is 0 Å². The second kappa shape index (κ2) is 2.58. The molecule has 0 saturated carbocycles. The maximum atomic E-state index is 10.8. The van der Waals surface area contributed by atoms with E-state index in [9.17, 15) is 4.79 Å². The summed E-state index contributed by atoms with van der Waals surface area (Å²) in [5.74, 6) is 0.206. The van der Waals surface area contributed by atoms with Crippen molar-refractivity contribution < 1.29 is 4.79 Å². The molecule has 52 valence electrons. The lowest BCUT2D eigenvalue weighted by atomic mass is 10.4. The maximum Gasteiger partial charge on any atom is 0.223 e. The predicted molar refractivity (Wildman–Crippen MR) is 37.8 cm³/mol. The molecular formula is C5H10N2OS. The molecule has 2 N–H and O–H groups in total. The lowest BCUT2D eigenvalue weighted by Crippen LogP contribution is -2.19. The van der Waals surface area contributed by atoms with Crippen LogP contribution in [0, 0.1) is 0 Å². The van der Waals surface area contributed by atoms with Crippen LogP contribution in [0.25, 0.3) is 0 Å². The molecule has 1 unspecified atom stereocenters. The van der Waals surface area contributed by atoms with Gasteiger partial charge in [0.2, 0.25) is 5.91 Å². The maximum absolute atomic E-state index is 10.8. The van der Waals surface area contributed by atoms with Gasteiger partial charge in [-0.15, -0.1) is 0 Å². The number of likely N-dealkylation sites (tertiary alicyclic amines) is 1. The molecule has 1 heterocycles. The van der Waals surface area contributed by atoms with E-state index in [-0.39, 0.29) is 5.91 Å². The first kappa shape index (κ1) is 6.89. The Bertz CT molecular complexity index is 128. The lowest BCUT2D eigenvalue weighted by Gasteiger charge is -2.06. The molecule has 1 saturated heterocycles. The summed E-state index contributed by atoms with van der Waals surface area (Å²) in [6.07, 6.45) is 0.609. The summed E-state index contributed by atoms with van der Waals surface area (Å²) < 4.78 is 0. The number of hydrogen-bond donors (Lipinski definition) is 1. The molecular weight excluding hydrogens is 136 g/mol. The first-order valence-electron chi connectivity index (χ1n) is 2.83. The number of rotatable bonds is 1. The zero-order valence-electron chi connectivity index (χ0n) is 5.33. The molecule has 1 rings (SSSR count). The summed E-state index contributed by atoms with van der Waals surface area (Å²) in [6.45, 7) is 0.806. The molecule has 1 aliphatic rings. The van der Waals surface area contributed by atoms with Gasteiger partial charge < -0.3 is 4.90 Å². The molecule has 1 amide bonds. The monoisotopic (exact) mass is 146 g/mol. The van der Waals surface area contributed by atoms with Crippen LogP contribution >= 0.6 is 11.9 Å². The average Bonchev–Trinajstić information content (AvgIpc) is 2.13. The van der Waals surface area contributed by atoms with E-state index in [4.69, 9.17) is 5.14 Å². The summed E-state index contributed by atoms with van der Waals surface area (Å²) in [7, 11) is 1.80. The van der Waals surface area contributed by atoms with Gasteiger partial charge in [-0.05, 0) is 0 Å². The molecule has 0 spiro atoms. The van der Waals surface area contributed by atoms with Crippen molar-refractivity contribution >= 4 is 17.9 Å². The third-order valence-electron chi connectivity index (χ3n) is 1.50. The Morgan fingerprint density at radius 1 is 1.89 bits per heavy atom. The number of carbonyl (C=O) groups is 1. The zero-order valence-corrected chi connectivity index (χ0v) is 6.15. The molecule has 9 heavy (non-hydrogen) atoms. The van der Waals surface area contributed by atoms with Crippen molar-refractivity contribution in [3.63, 3.8) is 0 Å². The van der Waals surface area contributed by atoms with Gasteiger partial charge in [-0.3, -0.25) is 9.93 Å². The third-order valence-corrected chi connectivity index (χ3v) is 2.20. The average molecular weight is 146 g/mol. The summed E-state index contributed by atoms with van der Waals surface area (Å²) in [6, 6.07) is 0. The van der Waals surface area contributed by atoms with Gasteiger partial charge in [0.15, 0.2) is 0 Å². The molecule has 1 fully saturated rings. The summed E-state index contributed by atoms with van der Waals surface area (Å²) in [5.41, 5.74) is 0. The van der Waals surface area contributed by atoms with Crippen LogP contribution in [0.4, 0.5) is 0 Å². The molecule has 0 aromatic heterocycles. The first-order chi connectivity index (χ1) is 4.24. The Kier molecular flexibility index (Phi) is 1.97. The molecule has 0 aromatic carbocycles. The highest BCUT2D eigenvalue weighted by Crippen LogP contribution is 2.17. The number of hydrogen-bond acceptors (Lipinski definition) is 3. The lowest BCUT2D eigenvalue weighted by molar-refractivity contribution is -0.126. The van der Waals surface area contributed by atoms with Crippen molar-refractivity contribution in [2.75, 3.05) is 13.6 Å². The van der Waals surface area contributed by atoms with Gasteiger partial charge in [-0.2, -0.15) is 0 Å². The minimum Gasteiger partial charge on any atom is -0.345 e. The Hall–Kier alpha value is -0.220. The van der Waals surface area contributed by atoms with E-state index >= 15 is 0 Å². The fourth-order valence-corrected chi connectivity index (χ4v) is 1.46. The van der Waals surface area contributed by atoms with E-state index in [0.717, 1.165) is 6.54 Å². The summed E-state index contributed by atoms with van der Waals surface area (Å²) in [4.78, 5) is 12.5. The van der Waals surface area contributed by atoms with Gasteiger partial charge in [0.05, 0.1) is 0 Å². The van der Waals surface area contributed by atoms with Crippen molar-refractivity contribution in [2.45, 2.75) is 11.7 Å². The van der Waals surface area contributed by atoms with Crippen LogP contribution in [0.3, 0.4) is 0 Å². The Balaban J connectivity index is 2.44. The van der Waals surface area contributed by atoms with E-state index in [1.165, 1.54) is 11.9 Å². The smallest absolute Gasteiger partial charge is 0.223 e. The Morgan fingerprint density at radius 2 is 2.56 bits per heavy atom. The minimum atomic E-state index is 0.206. The van der Waals surface area contributed by atoms with E-state index in [1.54, 1.807) is 11.9 Å². The Labute approximate surface area is 58.7 Å². The number of nitrogens with zero attached hydrogens (tertiary/aromatic N) is 1. The number of carbonyl (C=O) groups excluding carboxylic acids is 1. The molecule has 3 nitrogen and oxygen atoms in total. The quantitative estimate of drug-likeness (QED) is 0.522. The fraction of sp³-hybridized carbons (Fsp3) is 0.800. The standard InChI is InChI=1S/C5H10N2OS/c1-7-3-4(9-6)2-5(7)8/h4H,2-3,6H2,1H3. The van der Waals surface area contributed by atoms with Crippen molar-refractivity contribution in [1.82, 2.24) is 4.90 Å². The second-order valence-electron chi connectivity index (χ2n) is 2.24. The predicted octanol–water partition coefficient (Wildman–Crippen LogP) is -0.176. The van der Waals surface area contributed by atoms with Crippen LogP contribution in [0.1, 0.15) is 6.42 Å². The van der Waals surface area contributed by atoms with Crippen LogP contribution in [0.5, 0.6) is 0 Å². The molecule has 0 bridgehead atoms. The SMILES string of the molecule is CN1CC(SN)CC1=O. The van der Waals surface area contributed by atoms with Crippen molar-refractivity contribution in [3.8, 4) is 0 Å². The van der Waals surface area contributed by atoms with Crippen molar-refractivity contribution in [3.05, 3.63) is 0 Å². The molecule has 4 heteroatoms. The minimum absolute atomic E-state index is 0.206. The normalized spacial score (nSPS) is 27.6. The summed E-state index contributed by atoms with van der Waals surface area (Å²) >= 11 is 1.28. The van der Waals surface area contributed by atoms with Gasteiger partial charge in [0.25, 0.3) is 0 Å². The van der Waals surface area contributed by atoms with E-state index in [0.29, 0.717) is 11.7 Å². The van der Waals surface area contributed by atoms with Crippen molar-refractivity contribution in [2.24, 2.45) is 5.14 Å². The molecule has 0 radical (unpaired) electrons. The van der Waals surface area contributed by atoms with Gasteiger partial charge in [0.1, 0.15) is 0 Å². The first-order valence-corrected chi connectivity index (χ1v) is 3.78. The molecule has 1 aliphatic heterocycles. The largest absolute Gasteiger partial charge is 0.345 e. The topological polar surface area (TPSA) is 46.3 Å². The zero-order chi connectivity index (χ0) is 6.85. The molecule has 1 atom stereocenters. The Morgan fingerprint density at radius 3 is 2.78 bits per heavy atom. The highest BCUT2D eigenvalue weighted by Gasteiger charge is 2.25. The van der Waals surface area contributed by atoms with E-state index in [1.807, 2.05) is 0 Å². The number of amides is 1. The van der Waals surface area contributed by atoms with Crippen LogP contribution < -0.4 is 5.14 Å². The van der Waals surface area contributed by atoms with E-state index < -0.39 is 0 Å². The second-order valence-corrected chi connectivity index (χ2v) is 3.18. The van der Waals surface area contributed by atoms with Crippen LogP contribution in [0.2, 0.25) is 0 Å². The fourth-order valence-electron chi connectivity index (χ4n) is 0.914.